The minimum absolute atomic E-state index is 0.0185. The van der Waals surface area contributed by atoms with E-state index in [1.165, 1.54) is 30.2 Å². The highest BCUT2D eigenvalue weighted by molar-refractivity contribution is 8.01. The number of benzene rings is 2. The van der Waals surface area contributed by atoms with E-state index in [4.69, 9.17) is 4.99 Å². The molecule has 2 fully saturated rings. The van der Waals surface area contributed by atoms with Gasteiger partial charge in [0.1, 0.15) is 10.6 Å². The zero-order valence-corrected chi connectivity index (χ0v) is 30.4. The maximum Gasteiger partial charge on any atom is 0.241 e. The van der Waals surface area contributed by atoms with Crippen LogP contribution in [0.2, 0.25) is 0 Å². The summed E-state index contributed by atoms with van der Waals surface area (Å²) in [5.74, 6) is 1.73. The number of fused-ring (bicyclic) bond motifs is 1. The molecule has 5 heterocycles. The molecule has 0 radical (unpaired) electrons. The molecule has 2 atom stereocenters. The molecule has 3 aliphatic heterocycles. The van der Waals surface area contributed by atoms with Gasteiger partial charge in [0.15, 0.2) is 5.82 Å². The van der Waals surface area contributed by atoms with Crippen LogP contribution in [0.25, 0.3) is 27.9 Å². The fourth-order valence-electron chi connectivity index (χ4n) is 7.77. The number of hydrogen-bond acceptors (Lipinski definition) is 8. The van der Waals surface area contributed by atoms with Crippen LogP contribution in [0.4, 0.5) is 10.1 Å². The highest BCUT2D eigenvalue weighted by Gasteiger charge is 2.45. The fourth-order valence-corrected chi connectivity index (χ4v) is 9.01. The second kappa shape index (κ2) is 14.4. The van der Waals surface area contributed by atoms with E-state index in [0.29, 0.717) is 61.9 Å². The van der Waals surface area contributed by atoms with Crippen molar-refractivity contribution in [2.75, 3.05) is 43.8 Å². The van der Waals surface area contributed by atoms with Crippen molar-refractivity contribution in [1.82, 2.24) is 30.0 Å². The summed E-state index contributed by atoms with van der Waals surface area (Å²) in [7, 11) is 0. The van der Waals surface area contributed by atoms with Crippen LogP contribution >= 0.6 is 11.8 Å². The average molecular weight is 719 g/mol. The van der Waals surface area contributed by atoms with Crippen molar-refractivity contribution in [2.45, 2.75) is 56.6 Å². The summed E-state index contributed by atoms with van der Waals surface area (Å²) in [6.45, 7) is 6.53. The van der Waals surface area contributed by atoms with Crippen LogP contribution in [0, 0.1) is 11.7 Å². The van der Waals surface area contributed by atoms with E-state index < -0.39 is 4.75 Å². The second-order valence-electron chi connectivity index (χ2n) is 14.3. The quantitative estimate of drug-likeness (QED) is 0.184. The van der Waals surface area contributed by atoms with Crippen molar-refractivity contribution in [2.24, 2.45) is 10.9 Å². The lowest BCUT2D eigenvalue weighted by molar-refractivity contribution is -0.132. The Morgan fingerprint density at radius 1 is 1.12 bits per heavy atom. The number of carbonyl (C=O) groups excluding carboxylic acids is 2. The maximum atomic E-state index is 15.2. The largest absolute Gasteiger partial charge is 0.338 e. The van der Waals surface area contributed by atoms with E-state index in [2.05, 4.69) is 44.2 Å². The van der Waals surface area contributed by atoms with Gasteiger partial charge in [-0.1, -0.05) is 25.1 Å². The Balaban J connectivity index is 0.900. The topological polar surface area (TPSA) is 119 Å². The molecule has 0 bridgehead atoms. The number of aromatic amines is 1. The van der Waals surface area contributed by atoms with Gasteiger partial charge in [-0.25, -0.2) is 14.4 Å². The van der Waals surface area contributed by atoms with Gasteiger partial charge in [-0.05, 0) is 92.2 Å². The molecule has 2 unspecified atom stereocenters. The van der Waals surface area contributed by atoms with Crippen LogP contribution < -0.4 is 5.32 Å². The van der Waals surface area contributed by atoms with Crippen molar-refractivity contribution in [3.63, 3.8) is 0 Å². The van der Waals surface area contributed by atoms with Gasteiger partial charge in [-0.2, -0.15) is 5.10 Å². The van der Waals surface area contributed by atoms with Crippen molar-refractivity contribution < 1.29 is 14.0 Å². The molecule has 0 spiro atoms. The van der Waals surface area contributed by atoms with Gasteiger partial charge in [-0.3, -0.25) is 24.6 Å². The van der Waals surface area contributed by atoms with Gasteiger partial charge in [0.25, 0.3) is 0 Å². The number of allylic oxidation sites excluding steroid dienone is 1. The van der Waals surface area contributed by atoms with Crippen molar-refractivity contribution >= 4 is 51.5 Å². The van der Waals surface area contributed by atoms with Crippen LogP contribution in [-0.2, 0) is 9.59 Å². The molecule has 4 aliphatic rings. The Morgan fingerprint density at radius 2 is 1.96 bits per heavy atom. The molecule has 268 valence electrons. The van der Waals surface area contributed by atoms with E-state index in [1.54, 1.807) is 36.3 Å². The molecule has 10 nitrogen and oxygen atoms in total. The van der Waals surface area contributed by atoms with Crippen LogP contribution in [0.1, 0.15) is 63.1 Å². The average Bonchev–Trinajstić information content (AvgIpc) is 3.81. The van der Waals surface area contributed by atoms with Gasteiger partial charge in [0, 0.05) is 78.6 Å². The molecule has 1 aliphatic carbocycles. The number of halogens is 1. The lowest BCUT2D eigenvalue weighted by Gasteiger charge is -2.30. The summed E-state index contributed by atoms with van der Waals surface area (Å²) in [5.41, 5.74) is 7.24. The van der Waals surface area contributed by atoms with Gasteiger partial charge >= 0.3 is 0 Å². The normalized spacial score (nSPS) is 22.2. The summed E-state index contributed by atoms with van der Waals surface area (Å²) in [4.78, 5) is 44.6. The maximum absolute atomic E-state index is 15.2. The van der Waals surface area contributed by atoms with E-state index in [0.717, 1.165) is 40.0 Å². The van der Waals surface area contributed by atoms with Crippen LogP contribution in [-0.4, -0.2) is 90.7 Å². The summed E-state index contributed by atoms with van der Waals surface area (Å²) < 4.78 is 14.5. The van der Waals surface area contributed by atoms with Crippen LogP contribution in [0.3, 0.4) is 0 Å². The first-order valence-electron chi connectivity index (χ1n) is 18.2. The molecule has 12 heteroatoms. The van der Waals surface area contributed by atoms with Gasteiger partial charge < -0.3 is 10.2 Å². The van der Waals surface area contributed by atoms with Crippen LogP contribution in [0.5, 0.6) is 0 Å². The number of amides is 2. The third kappa shape index (κ3) is 6.93. The third-order valence-corrected chi connectivity index (χ3v) is 12.2. The first-order valence-corrected chi connectivity index (χ1v) is 19.2. The SMILES string of the molecule is CCSC1(C(=O)Nc2ccc3n[nH]c(C4CC(C5CC5)=NC=C4C)c3c2)CCN(CC(=O)N2CC=C(c3ccc(-c4ncccn4)cc3F)CC2)C1. The molecule has 1 saturated carbocycles. The molecular weight excluding hydrogens is 676 g/mol. The second-order valence-corrected chi connectivity index (χ2v) is 16.0. The van der Waals surface area contributed by atoms with Gasteiger partial charge in [-0.15, -0.1) is 11.8 Å². The minimum Gasteiger partial charge on any atom is -0.338 e. The molecule has 2 amide bonds. The number of nitrogens with zero attached hydrogens (tertiary/aromatic N) is 6. The molecule has 2 aromatic heterocycles. The molecule has 2 N–H and O–H groups in total. The summed E-state index contributed by atoms with van der Waals surface area (Å²) >= 11 is 1.65. The Labute approximate surface area is 307 Å². The molecule has 2 aromatic carbocycles. The number of H-pyrrole nitrogens is 1. The number of likely N-dealkylation sites (tertiary alicyclic amines) is 1. The molecule has 8 rings (SSSR count). The molecule has 52 heavy (non-hydrogen) atoms. The number of thioether (sulfide) groups is 1. The molecule has 1 saturated heterocycles. The third-order valence-electron chi connectivity index (χ3n) is 10.8. The highest BCUT2D eigenvalue weighted by atomic mass is 32.2. The number of anilines is 1. The Morgan fingerprint density at radius 3 is 2.71 bits per heavy atom. The van der Waals surface area contributed by atoms with Crippen LogP contribution in [0.15, 0.2) is 77.7 Å². The fraction of sp³-hybridized carbons (Fsp3) is 0.400. The first-order chi connectivity index (χ1) is 25.3. The highest BCUT2D eigenvalue weighted by Crippen LogP contribution is 2.41. The zero-order valence-electron chi connectivity index (χ0n) is 29.6. The summed E-state index contributed by atoms with van der Waals surface area (Å²) in [5, 5.41) is 12.1. The van der Waals surface area contributed by atoms with Gasteiger partial charge in [0.05, 0.1) is 17.8 Å². The van der Waals surface area contributed by atoms with E-state index in [9.17, 15) is 9.59 Å². The number of nitrogens with one attached hydrogen (secondary N) is 2. The number of aromatic nitrogens is 4. The van der Waals surface area contributed by atoms with E-state index in [1.807, 2.05) is 41.4 Å². The Bertz CT molecular complexity index is 2110. The van der Waals surface area contributed by atoms with E-state index >= 15 is 4.39 Å². The molecule has 4 aromatic rings. The Kier molecular flexibility index (Phi) is 9.52. The molecular formula is C40H43FN8O2S. The predicted octanol–water partition coefficient (Wildman–Crippen LogP) is 6.85. The smallest absolute Gasteiger partial charge is 0.241 e. The van der Waals surface area contributed by atoms with Gasteiger partial charge in [0.2, 0.25) is 11.8 Å². The van der Waals surface area contributed by atoms with Crippen molar-refractivity contribution in [1.29, 1.82) is 0 Å². The van der Waals surface area contributed by atoms with Crippen molar-refractivity contribution in [3.05, 3.63) is 89.8 Å². The summed E-state index contributed by atoms with van der Waals surface area (Å²) in [6.07, 6.45) is 11.8. The first kappa shape index (κ1) is 34.4. The lowest BCUT2D eigenvalue weighted by atomic mass is 9.87. The van der Waals surface area contributed by atoms with Crippen molar-refractivity contribution in [3.8, 4) is 11.4 Å². The number of aliphatic imine (C=N–C) groups is 1. The van der Waals surface area contributed by atoms with E-state index in [-0.39, 0.29) is 30.1 Å². The monoisotopic (exact) mass is 718 g/mol. The predicted molar refractivity (Wildman–Crippen MR) is 205 cm³/mol. The zero-order chi connectivity index (χ0) is 35.8. The standard InChI is InChI=1S/C40H43FN8O2S/c1-3-52-40(39(51)45-29-8-10-34-32(20-29)37(47-46-34)31-21-35(27-5-6-27)44-22-25(31)2)13-18-48(24-40)23-36(50)49-16-11-26(12-17-49)30-9-7-28(19-33(30)41)38-42-14-4-15-43-38/h4,7-11,14-15,19-20,22,27,31H,3,5-6,12-13,16-18,21,23-24H2,1-2H3,(H,45,51)(H,46,47). The number of carbonyl (C=O) groups is 2. The number of hydrogen-bond donors (Lipinski definition) is 2. The summed E-state index contributed by atoms with van der Waals surface area (Å²) in [6, 6.07) is 12.7. The minimum atomic E-state index is -0.662. The lowest BCUT2D eigenvalue weighted by Crippen LogP contribution is -2.45. The Hall–Kier alpha value is -4.68. The number of rotatable bonds is 10.